The molecule has 0 saturated heterocycles. The van der Waals surface area contributed by atoms with Gasteiger partial charge in [-0.05, 0) is 29.9 Å². The molecular formula is C19H28N2. The van der Waals surface area contributed by atoms with E-state index in [4.69, 9.17) is 4.98 Å². The SMILES string of the molecule is CCCC(C)(CC)c1cccc2ncc(C(C)(C)C)nc12. The fourth-order valence-corrected chi connectivity index (χ4v) is 2.94. The monoisotopic (exact) mass is 284 g/mol. The molecule has 0 aliphatic rings. The van der Waals surface area contributed by atoms with Crippen LogP contribution in [-0.4, -0.2) is 9.97 Å². The Morgan fingerprint density at radius 2 is 1.76 bits per heavy atom. The molecule has 0 aliphatic carbocycles. The summed E-state index contributed by atoms with van der Waals surface area (Å²) < 4.78 is 0. The van der Waals surface area contributed by atoms with Gasteiger partial charge in [-0.25, -0.2) is 4.98 Å². The lowest BCUT2D eigenvalue weighted by atomic mass is 9.76. The van der Waals surface area contributed by atoms with Crippen LogP contribution in [0.25, 0.3) is 11.0 Å². The van der Waals surface area contributed by atoms with E-state index in [1.807, 2.05) is 6.20 Å². The maximum atomic E-state index is 4.98. The lowest BCUT2D eigenvalue weighted by Gasteiger charge is -2.30. The first-order valence-corrected chi connectivity index (χ1v) is 8.08. The van der Waals surface area contributed by atoms with Gasteiger partial charge in [-0.2, -0.15) is 0 Å². The number of benzene rings is 1. The summed E-state index contributed by atoms with van der Waals surface area (Å²) in [4.78, 5) is 9.63. The number of hydrogen-bond donors (Lipinski definition) is 0. The summed E-state index contributed by atoms with van der Waals surface area (Å²) in [5, 5.41) is 0. The molecule has 0 saturated carbocycles. The average Bonchev–Trinajstić information content (AvgIpc) is 2.45. The fraction of sp³-hybridized carbons (Fsp3) is 0.579. The van der Waals surface area contributed by atoms with Crippen LogP contribution < -0.4 is 0 Å². The Morgan fingerprint density at radius 3 is 2.33 bits per heavy atom. The predicted octanol–water partition coefficient (Wildman–Crippen LogP) is 5.40. The molecule has 114 valence electrons. The van der Waals surface area contributed by atoms with Crippen LogP contribution >= 0.6 is 0 Å². The van der Waals surface area contributed by atoms with Crippen LogP contribution in [0.3, 0.4) is 0 Å². The van der Waals surface area contributed by atoms with E-state index in [2.05, 4.69) is 64.7 Å². The van der Waals surface area contributed by atoms with E-state index in [1.165, 1.54) is 18.4 Å². The van der Waals surface area contributed by atoms with E-state index < -0.39 is 0 Å². The summed E-state index contributed by atoms with van der Waals surface area (Å²) in [5.74, 6) is 0. The molecule has 1 aromatic carbocycles. The molecule has 0 N–H and O–H groups in total. The Bertz CT molecular complexity index is 625. The first-order valence-electron chi connectivity index (χ1n) is 8.08. The molecule has 21 heavy (non-hydrogen) atoms. The molecular weight excluding hydrogens is 256 g/mol. The van der Waals surface area contributed by atoms with Crippen molar-refractivity contribution < 1.29 is 0 Å². The third-order valence-electron chi connectivity index (χ3n) is 4.57. The van der Waals surface area contributed by atoms with Crippen LogP contribution in [0.5, 0.6) is 0 Å². The second kappa shape index (κ2) is 5.75. The molecule has 0 radical (unpaired) electrons. The molecule has 1 unspecified atom stereocenters. The van der Waals surface area contributed by atoms with Crippen LogP contribution in [0.15, 0.2) is 24.4 Å². The number of aromatic nitrogens is 2. The highest BCUT2D eigenvalue weighted by atomic mass is 14.8. The van der Waals surface area contributed by atoms with E-state index in [1.54, 1.807) is 0 Å². The Labute approximate surface area is 129 Å². The van der Waals surface area contributed by atoms with Crippen molar-refractivity contribution in [3.05, 3.63) is 35.7 Å². The van der Waals surface area contributed by atoms with E-state index in [0.29, 0.717) is 0 Å². The third-order valence-corrected chi connectivity index (χ3v) is 4.57. The number of hydrogen-bond acceptors (Lipinski definition) is 2. The molecule has 0 bridgehead atoms. The Balaban J connectivity index is 2.68. The Kier molecular flexibility index (Phi) is 4.36. The smallest absolute Gasteiger partial charge is 0.0927 e. The van der Waals surface area contributed by atoms with Gasteiger partial charge in [0.25, 0.3) is 0 Å². The zero-order chi connectivity index (χ0) is 15.7. The molecule has 0 fully saturated rings. The van der Waals surface area contributed by atoms with Crippen LogP contribution in [0.4, 0.5) is 0 Å². The van der Waals surface area contributed by atoms with Gasteiger partial charge < -0.3 is 0 Å². The van der Waals surface area contributed by atoms with E-state index in [9.17, 15) is 0 Å². The quantitative estimate of drug-likeness (QED) is 0.751. The highest BCUT2D eigenvalue weighted by Gasteiger charge is 2.27. The van der Waals surface area contributed by atoms with Gasteiger partial charge in [-0.1, -0.05) is 60.1 Å². The van der Waals surface area contributed by atoms with Crippen LogP contribution in [-0.2, 0) is 10.8 Å². The van der Waals surface area contributed by atoms with Crippen molar-refractivity contribution in [1.82, 2.24) is 9.97 Å². The lowest BCUT2D eigenvalue weighted by Crippen LogP contribution is -2.22. The molecule has 2 heteroatoms. The molecule has 0 spiro atoms. The Morgan fingerprint density at radius 1 is 1.05 bits per heavy atom. The lowest BCUT2D eigenvalue weighted by molar-refractivity contribution is 0.416. The molecule has 2 rings (SSSR count). The average molecular weight is 284 g/mol. The number of fused-ring (bicyclic) bond motifs is 1. The van der Waals surface area contributed by atoms with Crippen molar-refractivity contribution in [3.63, 3.8) is 0 Å². The summed E-state index contributed by atoms with van der Waals surface area (Å²) in [5.41, 5.74) is 4.72. The van der Waals surface area contributed by atoms with Gasteiger partial charge in [0, 0.05) is 11.6 Å². The highest BCUT2D eigenvalue weighted by molar-refractivity contribution is 5.79. The number of para-hydroxylation sites is 1. The maximum Gasteiger partial charge on any atom is 0.0927 e. The van der Waals surface area contributed by atoms with Crippen LogP contribution in [0.1, 0.15) is 72.1 Å². The summed E-state index contributed by atoms with van der Waals surface area (Å²) in [6.07, 6.45) is 5.42. The number of nitrogens with zero attached hydrogens (tertiary/aromatic N) is 2. The maximum absolute atomic E-state index is 4.98. The second-order valence-electron chi connectivity index (χ2n) is 7.34. The Hall–Kier alpha value is -1.44. The molecule has 1 atom stereocenters. The van der Waals surface area contributed by atoms with Crippen molar-refractivity contribution in [3.8, 4) is 0 Å². The van der Waals surface area contributed by atoms with Gasteiger partial charge >= 0.3 is 0 Å². The number of rotatable bonds is 4. The summed E-state index contributed by atoms with van der Waals surface area (Å²) in [7, 11) is 0. The van der Waals surface area contributed by atoms with E-state index >= 15 is 0 Å². The summed E-state index contributed by atoms with van der Waals surface area (Å²) in [6.45, 7) is 13.5. The first-order chi connectivity index (χ1) is 9.81. The van der Waals surface area contributed by atoms with Crippen molar-refractivity contribution in [2.45, 2.75) is 71.6 Å². The standard InChI is InChI=1S/C19H28N2/c1-7-12-19(6,8-2)14-10-9-11-15-17(14)21-16(13-20-15)18(3,4)5/h9-11,13H,7-8,12H2,1-6H3. The molecule has 1 heterocycles. The topological polar surface area (TPSA) is 25.8 Å². The highest BCUT2D eigenvalue weighted by Crippen LogP contribution is 2.36. The van der Waals surface area contributed by atoms with Gasteiger partial charge in [0.05, 0.1) is 16.7 Å². The van der Waals surface area contributed by atoms with Crippen molar-refractivity contribution >= 4 is 11.0 Å². The van der Waals surface area contributed by atoms with Crippen molar-refractivity contribution in [2.75, 3.05) is 0 Å². The van der Waals surface area contributed by atoms with Crippen molar-refractivity contribution in [2.24, 2.45) is 0 Å². The van der Waals surface area contributed by atoms with Gasteiger partial charge in [-0.3, -0.25) is 4.98 Å². The van der Waals surface area contributed by atoms with Gasteiger partial charge in [0.2, 0.25) is 0 Å². The van der Waals surface area contributed by atoms with E-state index in [-0.39, 0.29) is 10.8 Å². The fourth-order valence-electron chi connectivity index (χ4n) is 2.94. The van der Waals surface area contributed by atoms with Gasteiger partial charge in [0.15, 0.2) is 0 Å². The largest absolute Gasteiger partial charge is 0.253 e. The molecule has 0 aliphatic heterocycles. The van der Waals surface area contributed by atoms with Crippen molar-refractivity contribution in [1.29, 1.82) is 0 Å². The molecule has 1 aromatic heterocycles. The van der Waals surface area contributed by atoms with Crippen LogP contribution in [0, 0.1) is 0 Å². The summed E-state index contributed by atoms with van der Waals surface area (Å²) in [6, 6.07) is 6.43. The molecule has 2 nitrogen and oxygen atoms in total. The van der Waals surface area contributed by atoms with E-state index in [0.717, 1.165) is 23.1 Å². The normalized spacial score (nSPS) is 15.1. The molecule has 2 aromatic rings. The zero-order valence-electron chi connectivity index (χ0n) is 14.3. The second-order valence-corrected chi connectivity index (χ2v) is 7.34. The predicted molar refractivity (Wildman–Crippen MR) is 90.8 cm³/mol. The minimum Gasteiger partial charge on any atom is -0.253 e. The third kappa shape index (κ3) is 3.09. The minimum absolute atomic E-state index is 0.0294. The summed E-state index contributed by atoms with van der Waals surface area (Å²) >= 11 is 0. The van der Waals surface area contributed by atoms with Gasteiger partial charge in [-0.15, -0.1) is 0 Å². The van der Waals surface area contributed by atoms with Crippen LogP contribution in [0.2, 0.25) is 0 Å². The first kappa shape index (κ1) is 15.9. The molecule has 0 amide bonds. The van der Waals surface area contributed by atoms with Gasteiger partial charge in [0.1, 0.15) is 0 Å². The zero-order valence-corrected chi connectivity index (χ0v) is 14.3. The minimum atomic E-state index is 0.0294.